The summed E-state index contributed by atoms with van der Waals surface area (Å²) in [4.78, 5) is 10.5. The third-order valence-electron chi connectivity index (χ3n) is 4.76. The Morgan fingerprint density at radius 2 is 1.71 bits per heavy atom. The van der Waals surface area contributed by atoms with Crippen molar-refractivity contribution >= 4 is 5.97 Å². The highest BCUT2D eigenvalue weighted by Crippen LogP contribution is 2.31. The van der Waals surface area contributed by atoms with Gasteiger partial charge in [-0.2, -0.15) is 13.2 Å². The number of aliphatic hydroxyl groups excluding tert-OH is 4. The van der Waals surface area contributed by atoms with E-state index in [-0.39, 0.29) is 6.10 Å². The third-order valence-corrected chi connectivity index (χ3v) is 4.76. The van der Waals surface area contributed by atoms with Gasteiger partial charge in [-0.25, -0.2) is 4.79 Å². The van der Waals surface area contributed by atoms with Crippen LogP contribution in [0, 0.1) is 0 Å². The van der Waals surface area contributed by atoms with Crippen molar-refractivity contribution in [3.05, 3.63) is 77.2 Å². The van der Waals surface area contributed by atoms with Crippen LogP contribution in [-0.2, 0) is 15.7 Å². The molecule has 0 fully saturated rings. The summed E-state index contributed by atoms with van der Waals surface area (Å²) >= 11 is 0. The number of nitrogens with one attached hydrogen (secondary N) is 1. The number of ether oxygens (including phenoxy) is 2. The summed E-state index contributed by atoms with van der Waals surface area (Å²) in [5.41, 5.74) is 0.323. The van der Waals surface area contributed by atoms with Gasteiger partial charge in [0, 0.05) is 6.42 Å². The zero-order valence-electron chi connectivity index (χ0n) is 18.2. The second-order valence-electron chi connectivity index (χ2n) is 7.24. The van der Waals surface area contributed by atoms with Gasteiger partial charge in [-0.1, -0.05) is 30.3 Å². The predicted molar refractivity (Wildman–Crippen MR) is 115 cm³/mol. The number of rotatable bonds is 8. The Labute approximate surface area is 193 Å². The molecule has 5 N–H and O–H groups in total. The van der Waals surface area contributed by atoms with Gasteiger partial charge in [0.15, 0.2) is 11.9 Å². The second-order valence-corrected chi connectivity index (χ2v) is 7.24. The molecule has 1 aliphatic heterocycles. The lowest BCUT2D eigenvalue weighted by Gasteiger charge is -2.20. The first-order chi connectivity index (χ1) is 16.1. The topological polar surface area (TPSA) is 128 Å². The second kappa shape index (κ2) is 12.3. The van der Waals surface area contributed by atoms with Gasteiger partial charge in [-0.15, -0.1) is 0 Å². The van der Waals surface area contributed by atoms with Crippen LogP contribution in [0.3, 0.4) is 0 Å². The number of benzene rings is 2. The van der Waals surface area contributed by atoms with Crippen molar-refractivity contribution in [1.29, 1.82) is 0 Å². The Hall–Kier alpha value is -3.28. The normalized spacial score (nSPS) is 17.5. The molecule has 3 atom stereocenters. The van der Waals surface area contributed by atoms with Gasteiger partial charge in [0.25, 0.3) is 0 Å². The summed E-state index contributed by atoms with van der Waals surface area (Å²) in [5.74, 6) is -2.35. The molecule has 1 unspecified atom stereocenters. The van der Waals surface area contributed by atoms with Gasteiger partial charge in [0.05, 0.1) is 12.2 Å². The number of esters is 1. The van der Waals surface area contributed by atoms with Crippen LogP contribution in [0.15, 0.2) is 66.1 Å². The maximum atomic E-state index is 12.6. The molecule has 34 heavy (non-hydrogen) atoms. The van der Waals surface area contributed by atoms with Crippen LogP contribution >= 0.6 is 0 Å². The molecule has 8 nitrogen and oxygen atoms in total. The summed E-state index contributed by atoms with van der Waals surface area (Å²) in [6.07, 6.45) is -6.59. The number of halogens is 3. The molecule has 0 radical (unpaired) electrons. The SMILES string of the molecule is CNCCC(Oc1ccc(C(F)(F)F)cc1)c1ccccc1.O=C1O[C@H]([C@@H](O)CO)C(O)=C1O. The first-order valence-corrected chi connectivity index (χ1v) is 10.2. The molecule has 186 valence electrons. The first-order valence-electron chi connectivity index (χ1n) is 10.2. The van der Waals surface area contributed by atoms with Gasteiger partial charge in [0.2, 0.25) is 5.76 Å². The van der Waals surface area contributed by atoms with E-state index >= 15 is 0 Å². The lowest BCUT2D eigenvalue weighted by Crippen LogP contribution is -2.31. The van der Waals surface area contributed by atoms with Gasteiger partial charge in [-0.05, 0) is 43.4 Å². The number of hydrogen-bond acceptors (Lipinski definition) is 8. The van der Waals surface area contributed by atoms with Crippen LogP contribution in [0.1, 0.15) is 23.7 Å². The van der Waals surface area contributed by atoms with Crippen molar-refractivity contribution in [3.8, 4) is 5.75 Å². The molecule has 2 aromatic rings. The van der Waals surface area contributed by atoms with E-state index in [2.05, 4.69) is 10.1 Å². The van der Waals surface area contributed by atoms with Crippen molar-refractivity contribution < 1.29 is 47.9 Å². The summed E-state index contributed by atoms with van der Waals surface area (Å²) in [7, 11) is 1.85. The van der Waals surface area contributed by atoms with Crippen molar-refractivity contribution in [1.82, 2.24) is 5.32 Å². The Balaban J connectivity index is 0.000000287. The van der Waals surface area contributed by atoms with Gasteiger partial charge in [0.1, 0.15) is 18.0 Å². The standard InChI is InChI=1S/C17H18F3NO.C6H8O6/c1-21-12-11-16(13-5-3-2-4-6-13)22-15-9-7-14(8-10-15)17(18,19)20;7-1-2(8)5-3(9)4(10)6(11)12-5/h2-10,16,21H,11-12H2,1H3;2,5,7-10H,1H2/t;2-,5+/m.0/s1. The average Bonchev–Trinajstić information content (AvgIpc) is 3.09. The first kappa shape index (κ1) is 27.0. The maximum absolute atomic E-state index is 12.6. The van der Waals surface area contributed by atoms with Crippen LogP contribution < -0.4 is 10.1 Å². The smallest absolute Gasteiger partial charge is 0.416 e. The van der Waals surface area contributed by atoms with E-state index in [1.165, 1.54) is 12.1 Å². The Morgan fingerprint density at radius 3 is 2.18 bits per heavy atom. The quantitative estimate of drug-likeness (QED) is 0.361. The van der Waals surface area contributed by atoms with Crippen LogP contribution in [0.5, 0.6) is 5.75 Å². The highest BCUT2D eigenvalue weighted by atomic mass is 19.4. The summed E-state index contributed by atoms with van der Waals surface area (Å²) in [6.45, 7) is 0.0789. The minimum Gasteiger partial charge on any atom is -0.505 e. The highest BCUT2D eigenvalue weighted by Gasteiger charge is 2.38. The monoisotopic (exact) mass is 485 g/mol. The minimum atomic E-state index is -4.33. The summed E-state index contributed by atoms with van der Waals surface area (Å²) < 4.78 is 47.9. The number of alkyl halides is 3. The fraction of sp³-hybridized carbons (Fsp3) is 0.348. The Morgan fingerprint density at radius 1 is 1.09 bits per heavy atom. The lowest BCUT2D eigenvalue weighted by molar-refractivity contribution is -0.147. The van der Waals surface area contributed by atoms with E-state index in [1.54, 1.807) is 0 Å². The molecular weight excluding hydrogens is 459 g/mol. The van der Waals surface area contributed by atoms with E-state index in [0.717, 1.165) is 30.7 Å². The Bertz CT molecular complexity index is 949. The minimum absolute atomic E-state index is 0.203. The molecule has 0 aliphatic carbocycles. The molecule has 0 aromatic heterocycles. The van der Waals surface area contributed by atoms with Crippen molar-refractivity contribution in [2.24, 2.45) is 0 Å². The molecule has 0 bridgehead atoms. The molecule has 2 aromatic carbocycles. The van der Waals surface area contributed by atoms with Gasteiger partial charge in [-0.3, -0.25) is 0 Å². The number of carbonyl (C=O) groups excluding carboxylic acids is 1. The summed E-state index contributed by atoms with van der Waals surface area (Å²) in [6, 6.07) is 14.4. The lowest BCUT2D eigenvalue weighted by atomic mass is 10.1. The fourth-order valence-electron chi connectivity index (χ4n) is 2.95. The molecule has 1 heterocycles. The molecular formula is C23H26F3NO7. The van der Waals surface area contributed by atoms with E-state index < -0.39 is 48.0 Å². The summed E-state index contributed by atoms with van der Waals surface area (Å²) in [5, 5.41) is 38.1. The average molecular weight is 485 g/mol. The largest absolute Gasteiger partial charge is 0.505 e. The number of carbonyl (C=O) groups is 1. The fourth-order valence-corrected chi connectivity index (χ4v) is 2.95. The molecule has 1 aliphatic rings. The third kappa shape index (κ3) is 7.37. The van der Waals surface area contributed by atoms with Crippen molar-refractivity contribution in [3.63, 3.8) is 0 Å². The van der Waals surface area contributed by atoms with Crippen molar-refractivity contribution in [2.75, 3.05) is 20.2 Å². The van der Waals surface area contributed by atoms with E-state index in [4.69, 9.17) is 25.2 Å². The van der Waals surface area contributed by atoms with Gasteiger partial charge >= 0.3 is 12.1 Å². The Kier molecular flexibility index (Phi) is 9.72. The molecule has 3 rings (SSSR count). The van der Waals surface area contributed by atoms with Crippen LogP contribution in [0.2, 0.25) is 0 Å². The predicted octanol–water partition coefficient (Wildman–Crippen LogP) is 3.03. The van der Waals surface area contributed by atoms with E-state index in [0.29, 0.717) is 5.75 Å². The van der Waals surface area contributed by atoms with Crippen LogP contribution in [-0.4, -0.2) is 58.8 Å². The zero-order chi connectivity index (χ0) is 25.3. The number of aliphatic hydroxyl groups is 4. The molecule has 0 saturated carbocycles. The maximum Gasteiger partial charge on any atom is 0.416 e. The number of hydrogen-bond donors (Lipinski definition) is 5. The molecule has 11 heteroatoms. The van der Waals surface area contributed by atoms with Crippen LogP contribution in [0.4, 0.5) is 13.2 Å². The van der Waals surface area contributed by atoms with Crippen LogP contribution in [0.25, 0.3) is 0 Å². The van der Waals surface area contributed by atoms with E-state index in [1.807, 2.05) is 37.4 Å². The molecule has 0 spiro atoms. The highest BCUT2D eigenvalue weighted by molar-refractivity contribution is 5.89. The van der Waals surface area contributed by atoms with Gasteiger partial charge < -0.3 is 35.2 Å². The molecule has 0 saturated heterocycles. The molecule has 0 amide bonds. The number of cyclic esters (lactones) is 1. The zero-order valence-corrected chi connectivity index (χ0v) is 18.2. The van der Waals surface area contributed by atoms with Crippen molar-refractivity contribution in [2.45, 2.75) is 30.9 Å². The van der Waals surface area contributed by atoms with E-state index in [9.17, 15) is 18.0 Å².